The van der Waals surface area contributed by atoms with E-state index in [0.29, 0.717) is 22.4 Å². The number of ether oxygens (including phenoxy) is 1. The van der Waals surface area contributed by atoms with Crippen LogP contribution in [0.25, 0.3) is 10.6 Å². The summed E-state index contributed by atoms with van der Waals surface area (Å²) in [5.74, 6) is 0.691. The molecule has 0 fully saturated rings. The lowest BCUT2D eigenvalue weighted by molar-refractivity contribution is 0.223. The van der Waals surface area contributed by atoms with E-state index in [2.05, 4.69) is 30.9 Å². The lowest BCUT2D eigenvalue weighted by Gasteiger charge is -2.19. The van der Waals surface area contributed by atoms with Crippen molar-refractivity contribution in [2.24, 2.45) is 0 Å². The molecular formula is C26H27Cl2NO. The molecule has 0 saturated heterocycles. The lowest BCUT2D eigenvalue weighted by Crippen LogP contribution is -2.27. The highest BCUT2D eigenvalue weighted by Gasteiger charge is 2.14. The molecule has 4 heteroatoms. The van der Waals surface area contributed by atoms with Gasteiger partial charge in [0.2, 0.25) is 0 Å². The predicted molar refractivity (Wildman–Crippen MR) is 129 cm³/mol. The van der Waals surface area contributed by atoms with Crippen molar-refractivity contribution in [3.63, 3.8) is 0 Å². The summed E-state index contributed by atoms with van der Waals surface area (Å²) in [6, 6.07) is 26.0. The molecule has 0 radical (unpaired) electrons. The molecule has 0 aliphatic carbocycles. The zero-order valence-electron chi connectivity index (χ0n) is 17.4. The van der Waals surface area contributed by atoms with E-state index in [1.807, 2.05) is 66.7 Å². The van der Waals surface area contributed by atoms with Crippen LogP contribution in [-0.4, -0.2) is 31.1 Å². The van der Waals surface area contributed by atoms with Crippen LogP contribution in [0.15, 0.2) is 78.9 Å². The summed E-state index contributed by atoms with van der Waals surface area (Å²) in [5, 5.41) is 1.27. The normalized spacial score (nSPS) is 12.0. The largest absolute Gasteiger partial charge is 0.491 e. The number of nitrogens with zero attached hydrogens (tertiary/aromatic N) is 1. The molecule has 0 aromatic heterocycles. The Morgan fingerprint density at radius 1 is 0.800 bits per heavy atom. The van der Waals surface area contributed by atoms with Crippen molar-refractivity contribution in [2.45, 2.75) is 13.8 Å². The van der Waals surface area contributed by atoms with Crippen molar-refractivity contribution >= 4 is 33.8 Å². The molecule has 0 N–H and O–H groups in total. The van der Waals surface area contributed by atoms with Gasteiger partial charge in [-0.3, -0.25) is 0 Å². The zero-order valence-corrected chi connectivity index (χ0v) is 19.0. The molecule has 0 atom stereocenters. The van der Waals surface area contributed by atoms with Gasteiger partial charge in [-0.1, -0.05) is 104 Å². The Bertz CT molecular complexity index is 967. The van der Waals surface area contributed by atoms with E-state index in [4.69, 9.17) is 27.9 Å². The Morgan fingerprint density at radius 2 is 1.40 bits per heavy atom. The average molecular weight is 440 g/mol. The van der Waals surface area contributed by atoms with E-state index in [1.165, 1.54) is 0 Å². The minimum absolute atomic E-state index is 0.581. The summed E-state index contributed by atoms with van der Waals surface area (Å²) in [4.78, 5) is 2.32. The average Bonchev–Trinajstić information content (AvgIpc) is 2.79. The van der Waals surface area contributed by atoms with Crippen molar-refractivity contribution in [2.75, 3.05) is 26.2 Å². The molecule has 0 aliphatic heterocycles. The Balaban J connectivity index is 1.93. The van der Waals surface area contributed by atoms with Crippen LogP contribution in [0.2, 0.25) is 5.02 Å². The molecule has 3 rings (SSSR count). The fourth-order valence-corrected chi connectivity index (χ4v) is 3.93. The Morgan fingerprint density at radius 3 is 1.97 bits per heavy atom. The van der Waals surface area contributed by atoms with Crippen molar-refractivity contribution in [3.05, 3.63) is 101 Å². The third kappa shape index (κ3) is 5.66. The van der Waals surface area contributed by atoms with Crippen molar-refractivity contribution < 1.29 is 4.74 Å². The Labute approximate surface area is 189 Å². The van der Waals surface area contributed by atoms with Gasteiger partial charge in [0.05, 0.1) is 10.1 Å². The maximum Gasteiger partial charge on any atom is 0.137 e. The first-order valence-electron chi connectivity index (χ1n) is 10.3. The first kappa shape index (κ1) is 22.4. The molecule has 156 valence electrons. The van der Waals surface area contributed by atoms with Crippen molar-refractivity contribution in [1.82, 2.24) is 4.90 Å². The van der Waals surface area contributed by atoms with Crippen LogP contribution in [0, 0.1) is 0 Å². The molecule has 0 spiro atoms. The number of hydrogen-bond acceptors (Lipinski definition) is 2. The number of likely N-dealkylation sites (N-methyl/N-ethyl adjacent to an activating group) is 1. The Hall–Kier alpha value is -2.26. The standard InChI is InChI=1S/C26H27Cl2NO/c1-3-29(4-2)17-18-30-24-16-15-22(19-23(24)27)25(20-11-7-5-8-12-20)26(28)21-13-9-6-10-14-21/h5-16,19H,3-4,17-18H2,1-2H3. The van der Waals surface area contributed by atoms with Crippen LogP contribution in [0.3, 0.4) is 0 Å². The predicted octanol–water partition coefficient (Wildman–Crippen LogP) is 7.22. The number of benzene rings is 3. The van der Waals surface area contributed by atoms with E-state index in [0.717, 1.165) is 41.9 Å². The maximum atomic E-state index is 6.88. The van der Waals surface area contributed by atoms with Gasteiger partial charge in [0.1, 0.15) is 12.4 Å². The quantitative estimate of drug-likeness (QED) is 0.326. The molecule has 0 aliphatic rings. The fourth-order valence-electron chi connectivity index (χ4n) is 3.35. The van der Waals surface area contributed by atoms with Gasteiger partial charge in [-0.25, -0.2) is 0 Å². The summed E-state index contributed by atoms with van der Waals surface area (Å²) in [7, 11) is 0. The van der Waals surface area contributed by atoms with Gasteiger partial charge < -0.3 is 9.64 Å². The van der Waals surface area contributed by atoms with Crippen LogP contribution in [0.1, 0.15) is 30.5 Å². The second-order valence-electron chi connectivity index (χ2n) is 6.94. The van der Waals surface area contributed by atoms with Gasteiger partial charge in [-0.05, 0) is 41.9 Å². The molecule has 0 saturated carbocycles. The van der Waals surface area contributed by atoms with Crippen LogP contribution >= 0.6 is 23.2 Å². The summed E-state index contributed by atoms with van der Waals surface area (Å²) < 4.78 is 5.93. The fraction of sp³-hybridized carbons (Fsp3) is 0.231. The zero-order chi connectivity index (χ0) is 21.3. The molecule has 0 heterocycles. The van der Waals surface area contributed by atoms with E-state index in [1.54, 1.807) is 0 Å². The number of rotatable bonds is 9. The van der Waals surface area contributed by atoms with Crippen LogP contribution < -0.4 is 4.74 Å². The highest BCUT2D eigenvalue weighted by atomic mass is 35.5. The van der Waals surface area contributed by atoms with Gasteiger partial charge in [0.15, 0.2) is 0 Å². The SMILES string of the molecule is CCN(CC)CCOc1ccc(C(=C(Cl)c2ccccc2)c2ccccc2)cc1Cl. The molecular weight excluding hydrogens is 413 g/mol. The van der Waals surface area contributed by atoms with E-state index in [-0.39, 0.29) is 0 Å². The smallest absolute Gasteiger partial charge is 0.137 e. The summed E-state index contributed by atoms with van der Waals surface area (Å²) in [5.41, 5.74) is 3.91. The van der Waals surface area contributed by atoms with E-state index in [9.17, 15) is 0 Å². The summed E-state index contributed by atoms with van der Waals surface area (Å²) in [6.45, 7) is 7.80. The van der Waals surface area contributed by atoms with Crippen molar-refractivity contribution in [3.8, 4) is 5.75 Å². The second-order valence-corrected chi connectivity index (χ2v) is 7.73. The lowest BCUT2D eigenvalue weighted by atomic mass is 9.95. The van der Waals surface area contributed by atoms with Gasteiger partial charge >= 0.3 is 0 Å². The monoisotopic (exact) mass is 439 g/mol. The molecule has 3 aromatic carbocycles. The summed E-state index contributed by atoms with van der Waals surface area (Å²) in [6.07, 6.45) is 0. The number of halogens is 2. The van der Waals surface area contributed by atoms with Crippen molar-refractivity contribution in [1.29, 1.82) is 0 Å². The second kappa shape index (κ2) is 11.2. The highest BCUT2D eigenvalue weighted by Crippen LogP contribution is 2.37. The minimum Gasteiger partial charge on any atom is -0.491 e. The molecule has 0 unspecified atom stereocenters. The van der Waals surface area contributed by atoms with Crippen LogP contribution in [-0.2, 0) is 0 Å². The third-order valence-corrected chi connectivity index (χ3v) is 5.79. The van der Waals surface area contributed by atoms with Gasteiger partial charge in [0.25, 0.3) is 0 Å². The first-order chi connectivity index (χ1) is 14.6. The Kier molecular flexibility index (Phi) is 8.39. The minimum atomic E-state index is 0.581. The highest BCUT2D eigenvalue weighted by molar-refractivity contribution is 6.53. The van der Waals surface area contributed by atoms with Crippen LogP contribution in [0.5, 0.6) is 5.75 Å². The van der Waals surface area contributed by atoms with Gasteiger partial charge in [-0.2, -0.15) is 0 Å². The van der Waals surface area contributed by atoms with Crippen LogP contribution in [0.4, 0.5) is 0 Å². The maximum absolute atomic E-state index is 6.88. The molecule has 0 bridgehead atoms. The molecule has 0 amide bonds. The first-order valence-corrected chi connectivity index (χ1v) is 11.0. The summed E-state index contributed by atoms with van der Waals surface area (Å²) >= 11 is 13.5. The van der Waals surface area contributed by atoms with Gasteiger partial charge in [0, 0.05) is 12.1 Å². The molecule has 30 heavy (non-hydrogen) atoms. The molecule has 2 nitrogen and oxygen atoms in total. The molecule has 3 aromatic rings. The van der Waals surface area contributed by atoms with E-state index >= 15 is 0 Å². The topological polar surface area (TPSA) is 12.5 Å². The third-order valence-electron chi connectivity index (χ3n) is 5.09. The van der Waals surface area contributed by atoms with E-state index < -0.39 is 0 Å². The van der Waals surface area contributed by atoms with Gasteiger partial charge in [-0.15, -0.1) is 0 Å². The number of hydrogen-bond donors (Lipinski definition) is 0.